The average Bonchev–Trinajstić information content (AvgIpc) is 3.00. The van der Waals surface area contributed by atoms with E-state index in [9.17, 15) is 49.0 Å². The number of hydrogen-bond donors (Lipinski definition) is 2. The lowest BCUT2D eigenvalue weighted by atomic mass is 9.95. The van der Waals surface area contributed by atoms with E-state index < -0.39 is 60.8 Å². The molecule has 4 aromatic carbocycles. The van der Waals surface area contributed by atoms with E-state index in [1.165, 1.54) is 48.5 Å². The van der Waals surface area contributed by atoms with E-state index in [1.807, 2.05) is 0 Å². The van der Waals surface area contributed by atoms with Gasteiger partial charge < -0.3 is 19.3 Å². The van der Waals surface area contributed by atoms with Gasteiger partial charge in [0.2, 0.25) is 0 Å². The zero-order valence-electron chi connectivity index (χ0n) is 23.8. The van der Waals surface area contributed by atoms with Crippen LogP contribution >= 0.6 is 0 Å². The molecular weight excluding hydrogens is 652 g/mol. The number of aliphatic hydroxyl groups is 1. The summed E-state index contributed by atoms with van der Waals surface area (Å²) in [5.41, 5.74) is 0.0171. The van der Waals surface area contributed by atoms with Crippen molar-refractivity contribution in [1.82, 2.24) is 5.32 Å². The van der Waals surface area contributed by atoms with Gasteiger partial charge in [0.05, 0.1) is 24.3 Å². The number of halogens is 10. The minimum atomic E-state index is -4.87. The van der Waals surface area contributed by atoms with E-state index >= 15 is 0 Å². The number of benzene rings is 4. The predicted molar refractivity (Wildman–Crippen MR) is 148 cm³/mol. The Labute approximate surface area is 261 Å². The van der Waals surface area contributed by atoms with Gasteiger partial charge in [-0.1, -0.05) is 48.5 Å². The molecule has 0 saturated heterocycles. The molecule has 0 fully saturated rings. The van der Waals surface area contributed by atoms with Crippen LogP contribution in [0.4, 0.5) is 43.9 Å². The normalized spacial score (nSPS) is 13.7. The Hall–Kier alpha value is -4.50. The summed E-state index contributed by atoms with van der Waals surface area (Å²) in [7, 11) is 0. The van der Waals surface area contributed by atoms with Crippen LogP contribution in [0.25, 0.3) is 0 Å². The topological polar surface area (TPSA) is 60.0 Å². The first-order valence-corrected chi connectivity index (χ1v) is 13.6. The summed E-state index contributed by atoms with van der Waals surface area (Å²) in [5.74, 6) is -0.848. The van der Waals surface area contributed by atoms with Gasteiger partial charge in [-0.2, -0.15) is 30.7 Å². The van der Waals surface area contributed by atoms with Crippen LogP contribution in [-0.4, -0.2) is 30.6 Å². The van der Waals surface area contributed by atoms with Crippen molar-refractivity contribution in [2.24, 2.45) is 0 Å². The van der Waals surface area contributed by atoms with E-state index in [-0.39, 0.29) is 23.5 Å². The summed E-state index contributed by atoms with van der Waals surface area (Å²) in [6, 6.07) is 17.6. The Bertz CT molecular complexity index is 1610. The van der Waals surface area contributed by atoms with Crippen LogP contribution in [0.3, 0.4) is 0 Å². The van der Waals surface area contributed by atoms with Crippen LogP contribution in [0.2, 0.25) is 0 Å². The van der Waals surface area contributed by atoms with Gasteiger partial charge in [-0.25, -0.2) is 0 Å². The maximum atomic E-state index is 13.7. The van der Waals surface area contributed by atoms with Crippen LogP contribution in [0.15, 0.2) is 97.1 Å². The molecule has 2 atom stereocenters. The molecular formula is C32H25F10NO4. The van der Waals surface area contributed by atoms with E-state index in [2.05, 4.69) is 14.8 Å². The van der Waals surface area contributed by atoms with Gasteiger partial charge in [0.25, 0.3) is 0 Å². The highest BCUT2D eigenvalue weighted by atomic mass is 19.4. The quantitative estimate of drug-likeness (QED) is 0.139. The SMILES string of the molecule is OCC(NC(c1cccc(OCc2ccc(OC(F)(F)F)cc2)c1)c1cccc(OC(F)(F)C(F)F)c1)c1cccc(C(F)(F)F)c1. The molecule has 0 aliphatic heterocycles. The molecule has 4 aromatic rings. The second-order valence-electron chi connectivity index (χ2n) is 10.0. The fourth-order valence-electron chi connectivity index (χ4n) is 4.47. The first-order chi connectivity index (χ1) is 22.0. The molecule has 5 nitrogen and oxygen atoms in total. The van der Waals surface area contributed by atoms with Gasteiger partial charge in [-0.15, -0.1) is 13.2 Å². The zero-order valence-corrected chi connectivity index (χ0v) is 23.8. The predicted octanol–water partition coefficient (Wildman–Crippen LogP) is 8.83. The number of ether oxygens (including phenoxy) is 3. The molecule has 0 spiro atoms. The second kappa shape index (κ2) is 14.5. The van der Waals surface area contributed by atoms with E-state index in [0.717, 1.165) is 42.5 Å². The molecule has 0 amide bonds. The minimum Gasteiger partial charge on any atom is -0.489 e. The van der Waals surface area contributed by atoms with Gasteiger partial charge in [0, 0.05) is 0 Å². The smallest absolute Gasteiger partial charge is 0.489 e. The maximum absolute atomic E-state index is 13.7. The number of hydrogen-bond acceptors (Lipinski definition) is 5. The van der Waals surface area contributed by atoms with E-state index in [4.69, 9.17) is 4.74 Å². The number of aliphatic hydroxyl groups excluding tert-OH is 1. The Morgan fingerprint density at radius 3 is 1.79 bits per heavy atom. The van der Waals surface area contributed by atoms with Crippen LogP contribution in [0, 0.1) is 0 Å². The summed E-state index contributed by atoms with van der Waals surface area (Å²) in [6.45, 7) is -0.814. The monoisotopic (exact) mass is 677 g/mol. The van der Waals surface area contributed by atoms with Crippen molar-refractivity contribution in [1.29, 1.82) is 0 Å². The van der Waals surface area contributed by atoms with Crippen molar-refractivity contribution in [3.63, 3.8) is 0 Å². The Morgan fingerprint density at radius 1 is 0.638 bits per heavy atom. The summed E-state index contributed by atoms with van der Waals surface area (Å²) in [4.78, 5) is 0. The molecule has 2 N–H and O–H groups in total. The largest absolute Gasteiger partial charge is 0.573 e. The first kappa shape index (κ1) is 35.4. The number of nitrogens with one attached hydrogen (secondary N) is 1. The standard InChI is InChI=1S/C32H25F10NO4/c33-29(34)31(38,39)46-26-9-3-6-22(16-26)28(43-27(17-44)20-4-1-7-23(14-20)30(35,36)37)21-5-2-8-25(15-21)45-18-19-10-12-24(13-11-19)47-32(40,41)42/h1-16,27-29,43-44H,17-18H2. The van der Waals surface area contributed by atoms with Gasteiger partial charge in [0.15, 0.2) is 0 Å². The van der Waals surface area contributed by atoms with Crippen LogP contribution in [0.5, 0.6) is 17.2 Å². The lowest BCUT2D eigenvalue weighted by molar-refractivity contribution is -0.274. The molecule has 0 saturated carbocycles. The zero-order chi connectivity index (χ0) is 34.4. The molecule has 2 unspecified atom stereocenters. The van der Waals surface area contributed by atoms with Crippen molar-refractivity contribution in [2.45, 2.75) is 43.8 Å². The third kappa shape index (κ3) is 9.99. The van der Waals surface area contributed by atoms with E-state index in [1.54, 1.807) is 6.07 Å². The van der Waals surface area contributed by atoms with Crippen molar-refractivity contribution in [3.8, 4) is 17.2 Å². The Morgan fingerprint density at radius 2 is 1.21 bits per heavy atom. The Kier molecular flexibility index (Phi) is 10.9. The Balaban J connectivity index is 1.65. The molecule has 4 rings (SSSR count). The first-order valence-electron chi connectivity index (χ1n) is 13.6. The van der Waals surface area contributed by atoms with Gasteiger partial charge in [0.1, 0.15) is 23.9 Å². The van der Waals surface area contributed by atoms with Crippen molar-refractivity contribution in [2.75, 3.05) is 6.61 Å². The fourth-order valence-corrected chi connectivity index (χ4v) is 4.47. The van der Waals surface area contributed by atoms with Crippen LogP contribution in [-0.2, 0) is 12.8 Å². The number of rotatable bonds is 13. The van der Waals surface area contributed by atoms with Crippen molar-refractivity contribution < 1.29 is 63.2 Å². The lowest BCUT2D eigenvalue weighted by Gasteiger charge is -2.27. The lowest BCUT2D eigenvalue weighted by Crippen LogP contribution is -2.33. The van der Waals surface area contributed by atoms with E-state index in [0.29, 0.717) is 11.1 Å². The van der Waals surface area contributed by atoms with Gasteiger partial charge >= 0.3 is 25.1 Å². The summed E-state index contributed by atoms with van der Waals surface area (Å²) < 4.78 is 144. The average molecular weight is 678 g/mol. The minimum absolute atomic E-state index is 0.0364. The van der Waals surface area contributed by atoms with Crippen molar-refractivity contribution in [3.05, 3.63) is 125 Å². The molecule has 0 aliphatic carbocycles. The molecule has 0 radical (unpaired) electrons. The molecule has 15 heteroatoms. The highest BCUT2D eigenvalue weighted by Crippen LogP contribution is 2.35. The molecule has 0 heterocycles. The second-order valence-corrected chi connectivity index (χ2v) is 10.0. The van der Waals surface area contributed by atoms with Crippen LogP contribution in [0.1, 0.15) is 39.9 Å². The van der Waals surface area contributed by atoms with Gasteiger partial charge in [-0.3, -0.25) is 5.32 Å². The van der Waals surface area contributed by atoms with Gasteiger partial charge in [-0.05, 0) is 70.8 Å². The number of alkyl halides is 10. The molecule has 0 bridgehead atoms. The third-order valence-electron chi connectivity index (χ3n) is 6.62. The highest BCUT2D eigenvalue weighted by Gasteiger charge is 2.44. The summed E-state index contributed by atoms with van der Waals surface area (Å²) >= 11 is 0. The maximum Gasteiger partial charge on any atom is 0.573 e. The highest BCUT2D eigenvalue weighted by molar-refractivity contribution is 5.41. The molecule has 252 valence electrons. The molecule has 0 aromatic heterocycles. The third-order valence-corrected chi connectivity index (χ3v) is 6.62. The summed E-state index contributed by atoms with van der Waals surface area (Å²) in [6.07, 6.45) is -18.5. The molecule has 0 aliphatic rings. The summed E-state index contributed by atoms with van der Waals surface area (Å²) in [5, 5.41) is 13.2. The van der Waals surface area contributed by atoms with Crippen LogP contribution < -0.4 is 19.5 Å². The van der Waals surface area contributed by atoms with Crippen molar-refractivity contribution >= 4 is 0 Å². The fraction of sp³-hybridized carbons (Fsp3) is 0.250. The molecule has 47 heavy (non-hydrogen) atoms.